The van der Waals surface area contributed by atoms with E-state index in [4.69, 9.17) is 0 Å². The molecular weight excluding hydrogens is 631 g/mol. The summed E-state index contributed by atoms with van der Waals surface area (Å²) in [6.07, 6.45) is 52.5. The number of hydrogen-bond acceptors (Lipinski definition) is 4. The lowest BCUT2D eigenvalue weighted by Crippen LogP contribution is -2.46. The van der Waals surface area contributed by atoms with E-state index in [1.807, 2.05) is 0 Å². The second-order valence-corrected chi connectivity index (χ2v) is 13.9. The summed E-state index contributed by atoms with van der Waals surface area (Å²) in [6, 6.07) is -1.09. The van der Waals surface area contributed by atoms with Crippen molar-refractivity contribution in [2.24, 2.45) is 0 Å². The van der Waals surface area contributed by atoms with Crippen molar-refractivity contribution in [1.82, 2.24) is 5.32 Å². The van der Waals surface area contributed by atoms with Crippen LogP contribution in [0.2, 0.25) is 0 Å². The highest BCUT2D eigenvalue weighted by Gasteiger charge is 2.24. The second kappa shape index (κ2) is 35.1. The van der Waals surface area contributed by atoms with Gasteiger partial charge in [0.2, 0.25) is 5.91 Å². The monoisotopic (exact) mass is 699 g/mol. The Labute approximate surface area is 300 Å². The highest BCUT2D eigenvalue weighted by atomic mass is 32.2. The quantitative estimate of drug-likeness (QED) is 0.0368. The third-order valence-corrected chi connectivity index (χ3v) is 8.48. The van der Waals surface area contributed by atoms with E-state index in [1.54, 1.807) is 6.08 Å². The van der Waals surface area contributed by atoms with Crippen LogP contribution in [0.3, 0.4) is 0 Å². The van der Waals surface area contributed by atoms with Gasteiger partial charge in [-0.05, 0) is 83.5 Å². The van der Waals surface area contributed by atoms with Gasteiger partial charge in [-0.3, -0.25) is 9.35 Å². The lowest BCUT2D eigenvalue weighted by Gasteiger charge is -2.21. The molecule has 0 radical (unpaired) electrons. The Hall–Kier alpha value is -2.74. The Kier molecular flexibility index (Phi) is 33.1. The van der Waals surface area contributed by atoms with Crippen LogP contribution in [0.15, 0.2) is 97.2 Å². The van der Waals surface area contributed by atoms with E-state index in [2.05, 4.69) is 104 Å². The maximum atomic E-state index is 12.5. The zero-order valence-electron chi connectivity index (χ0n) is 30.8. The molecule has 278 valence electrons. The minimum absolute atomic E-state index is 0.265. The van der Waals surface area contributed by atoms with E-state index in [1.165, 1.54) is 25.3 Å². The maximum absolute atomic E-state index is 12.5. The smallest absolute Gasteiger partial charge is 0.267 e. The predicted octanol–water partition coefficient (Wildman–Crippen LogP) is 11.0. The van der Waals surface area contributed by atoms with Gasteiger partial charge in [0, 0.05) is 6.42 Å². The van der Waals surface area contributed by atoms with Crippen molar-refractivity contribution in [3.05, 3.63) is 97.2 Å². The maximum Gasteiger partial charge on any atom is 0.267 e. The molecule has 0 aliphatic rings. The molecule has 0 aliphatic heterocycles. The fourth-order valence-corrected chi connectivity index (χ4v) is 5.66. The average Bonchev–Trinajstić information content (AvgIpc) is 3.06. The Morgan fingerprint density at radius 3 is 1.51 bits per heavy atom. The van der Waals surface area contributed by atoms with E-state index in [-0.39, 0.29) is 12.3 Å². The molecule has 0 saturated carbocycles. The summed E-state index contributed by atoms with van der Waals surface area (Å²) in [5.74, 6) is -1.04. The SMILES string of the molecule is CC/C=C\C/C=C\C/C=C\C/C=C\C/C=C\CCCCCCCCCC(=O)NC(CS(=O)(=O)O)C(O)/C=C/CC/C=C/CC/C=C/CCC. The number of aliphatic hydroxyl groups excluding tert-OH is 1. The van der Waals surface area contributed by atoms with Gasteiger partial charge < -0.3 is 10.4 Å². The number of carbonyl (C=O) groups excluding carboxylic acids is 1. The summed E-state index contributed by atoms with van der Waals surface area (Å²) in [6.45, 7) is 4.31. The predicted molar refractivity (Wildman–Crippen MR) is 211 cm³/mol. The Bertz CT molecular complexity index is 1130. The number of unbranched alkanes of at least 4 members (excludes halogenated alkanes) is 10. The largest absolute Gasteiger partial charge is 0.387 e. The zero-order chi connectivity index (χ0) is 36.1. The number of nitrogens with one attached hydrogen (secondary N) is 1. The highest BCUT2D eigenvalue weighted by Crippen LogP contribution is 2.11. The van der Waals surface area contributed by atoms with E-state index >= 15 is 0 Å². The van der Waals surface area contributed by atoms with Crippen LogP contribution in [0.4, 0.5) is 0 Å². The first-order valence-electron chi connectivity index (χ1n) is 18.9. The van der Waals surface area contributed by atoms with Crippen molar-refractivity contribution in [1.29, 1.82) is 0 Å². The van der Waals surface area contributed by atoms with Gasteiger partial charge in [-0.2, -0.15) is 8.42 Å². The van der Waals surface area contributed by atoms with Crippen molar-refractivity contribution in [3.8, 4) is 0 Å². The number of allylic oxidation sites excluding steroid dienone is 15. The molecule has 7 heteroatoms. The van der Waals surface area contributed by atoms with Crippen LogP contribution < -0.4 is 5.32 Å². The summed E-state index contributed by atoms with van der Waals surface area (Å²) in [7, 11) is -4.36. The molecular formula is C42H69NO5S. The molecule has 0 saturated heterocycles. The van der Waals surface area contributed by atoms with Crippen LogP contribution in [0, 0.1) is 0 Å². The second-order valence-electron chi connectivity index (χ2n) is 12.4. The fourth-order valence-electron chi connectivity index (χ4n) is 4.92. The first-order valence-corrected chi connectivity index (χ1v) is 20.5. The normalized spacial score (nSPS) is 14.4. The lowest BCUT2D eigenvalue weighted by atomic mass is 10.1. The molecule has 0 heterocycles. The van der Waals surface area contributed by atoms with Gasteiger partial charge in [-0.1, -0.05) is 150 Å². The summed E-state index contributed by atoms with van der Waals surface area (Å²) < 4.78 is 32.3. The van der Waals surface area contributed by atoms with Crippen molar-refractivity contribution >= 4 is 16.0 Å². The Balaban J connectivity index is 4.00. The molecule has 0 spiro atoms. The van der Waals surface area contributed by atoms with E-state index < -0.39 is 28.0 Å². The van der Waals surface area contributed by atoms with Gasteiger partial charge >= 0.3 is 0 Å². The molecule has 0 fully saturated rings. The van der Waals surface area contributed by atoms with E-state index in [0.29, 0.717) is 12.8 Å². The summed E-state index contributed by atoms with van der Waals surface area (Å²) in [4.78, 5) is 12.5. The lowest BCUT2D eigenvalue weighted by molar-refractivity contribution is -0.122. The van der Waals surface area contributed by atoms with Crippen LogP contribution in [-0.4, -0.2) is 41.9 Å². The van der Waals surface area contributed by atoms with Crippen LogP contribution in [0.25, 0.3) is 0 Å². The third-order valence-electron chi connectivity index (χ3n) is 7.70. The van der Waals surface area contributed by atoms with Crippen LogP contribution in [0.1, 0.15) is 142 Å². The molecule has 6 nitrogen and oxygen atoms in total. The molecule has 3 N–H and O–H groups in total. The number of amides is 1. The average molecular weight is 700 g/mol. The van der Waals surface area contributed by atoms with E-state index in [0.717, 1.165) is 89.9 Å². The molecule has 1 amide bonds. The molecule has 0 aliphatic carbocycles. The molecule has 49 heavy (non-hydrogen) atoms. The van der Waals surface area contributed by atoms with Gasteiger partial charge in [0.15, 0.2) is 0 Å². The first kappa shape index (κ1) is 46.3. The van der Waals surface area contributed by atoms with Crippen LogP contribution in [0.5, 0.6) is 0 Å². The molecule has 0 bridgehead atoms. The minimum Gasteiger partial charge on any atom is -0.387 e. The number of carbonyl (C=O) groups is 1. The minimum atomic E-state index is -4.36. The van der Waals surface area contributed by atoms with Crippen LogP contribution in [-0.2, 0) is 14.9 Å². The summed E-state index contributed by atoms with van der Waals surface area (Å²) >= 11 is 0. The molecule has 2 unspecified atom stereocenters. The molecule has 2 atom stereocenters. The Morgan fingerprint density at radius 1 is 0.571 bits per heavy atom. The van der Waals surface area contributed by atoms with E-state index in [9.17, 15) is 22.9 Å². The van der Waals surface area contributed by atoms with Crippen molar-refractivity contribution in [2.75, 3.05) is 5.75 Å². The third kappa shape index (κ3) is 36.4. The summed E-state index contributed by atoms with van der Waals surface area (Å²) in [5, 5.41) is 13.1. The summed E-state index contributed by atoms with van der Waals surface area (Å²) in [5.41, 5.74) is 0. The van der Waals surface area contributed by atoms with Gasteiger partial charge in [0.05, 0.1) is 17.9 Å². The topological polar surface area (TPSA) is 104 Å². The first-order chi connectivity index (χ1) is 23.8. The zero-order valence-corrected chi connectivity index (χ0v) is 31.6. The van der Waals surface area contributed by atoms with Crippen molar-refractivity contribution in [3.63, 3.8) is 0 Å². The number of rotatable bonds is 32. The van der Waals surface area contributed by atoms with Gasteiger partial charge in [0.1, 0.15) is 0 Å². The Morgan fingerprint density at radius 2 is 1.00 bits per heavy atom. The molecule has 0 rings (SSSR count). The van der Waals surface area contributed by atoms with Crippen molar-refractivity contribution in [2.45, 2.75) is 154 Å². The number of hydrogen-bond donors (Lipinski definition) is 3. The molecule has 0 aromatic heterocycles. The molecule has 0 aromatic carbocycles. The standard InChI is InChI=1S/C42H69NO5S/c1-3-5-7-9-11-13-15-16-17-18-19-20-21-22-23-24-25-26-28-30-32-34-36-38-42(45)43-40(39-49(46,47)48)41(44)37-35-33-31-29-27-14-12-10-8-6-4-2/h5,7-8,10-11,13,16-17,19-20,22-23,27,29,35,37,40-41,44H,3-4,6,9,12,14-15,18,21,24-26,28,30-34,36,38-39H2,1-2H3,(H,43,45)(H,46,47,48)/b7-5-,10-8+,13-11-,17-16-,20-19-,23-22-,29-27+,37-35+. The van der Waals surface area contributed by atoms with Gasteiger partial charge in [-0.15, -0.1) is 0 Å². The molecule has 0 aromatic rings. The van der Waals surface area contributed by atoms with Crippen molar-refractivity contribution < 1.29 is 22.9 Å². The van der Waals surface area contributed by atoms with Gasteiger partial charge in [-0.25, -0.2) is 0 Å². The highest BCUT2D eigenvalue weighted by molar-refractivity contribution is 7.85. The number of aliphatic hydroxyl groups is 1. The van der Waals surface area contributed by atoms with Crippen LogP contribution >= 0.6 is 0 Å². The fraction of sp³-hybridized carbons (Fsp3) is 0.595. The van der Waals surface area contributed by atoms with Gasteiger partial charge in [0.25, 0.3) is 10.1 Å².